The first-order valence-corrected chi connectivity index (χ1v) is 6.06. The van der Waals surface area contributed by atoms with Crippen LogP contribution in [0.3, 0.4) is 0 Å². The van der Waals surface area contributed by atoms with E-state index < -0.39 is 4.92 Å². The lowest BCUT2D eigenvalue weighted by Gasteiger charge is -2.18. The van der Waals surface area contributed by atoms with E-state index >= 15 is 0 Å². The number of hydrogen-bond donors (Lipinski definition) is 2. The van der Waals surface area contributed by atoms with E-state index in [-0.39, 0.29) is 30.4 Å². The molecule has 0 aliphatic heterocycles. The summed E-state index contributed by atoms with van der Waals surface area (Å²) in [5, 5.41) is 22.2. The predicted molar refractivity (Wildman–Crippen MR) is 75.4 cm³/mol. The van der Waals surface area contributed by atoms with Crippen molar-refractivity contribution in [2.24, 2.45) is 0 Å². The summed E-state index contributed by atoms with van der Waals surface area (Å²) in [6.45, 7) is 4.30. The molecule has 1 aromatic rings. The molecule has 0 aliphatic rings. The molecule has 108 valence electrons. The predicted octanol–water partition coefficient (Wildman–Crippen LogP) is 1.01. The van der Waals surface area contributed by atoms with Crippen molar-refractivity contribution >= 4 is 17.3 Å². The Balaban J connectivity index is 2.70. The Morgan fingerprint density at radius 1 is 1.50 bits per heavy atom. The summed E-state index contributed by atoms with van der Waals surface area (Å²) in [4.78, 5) is 23.8. The number of nitrogens with one attached hydrogen (secondary N) is 1. The summed E-state index contributed by atoms with van der Waals surface area (Å²) in [6, 6.07) is 5.94. The van der Waals surface area contributed by atoms with Crippen LogP contribution in [-0.4, -0.2) is 47.1 Å². The van der Waals surface area contributed by atoms with E-state index in [1.54, 1.807) is 17.0 Å². The van der Waals surface area contributed by atoms with Crippen molar-refractivity contribution in [2.45, 2.75) is 0 Å². The minimum Gasteiger partial charge on any atom is -0.395 e. The van der Waals surface area contributed by atoms with Crippen LogP contribution < -0.4 is 5.32 Å². The zero-order valence-electron chi connectivity index (χ0n) is 11.0. The van der Waals surface area contributed by atoms with E-state index in [1.165, 1.54) is 18.2 Å². The Hall–Kier alpha value is -2.25. The number of anilines is 1. The first kappa shape index (κ1) is 15.8. The van der Waals surface area contributed by atoms with Crippen LogP contribution in [0, 0.1) is 10.1 Å². The summed E-state index contributed by atoms with van der Waals surface area (Å²) in [5.74, 6) is -0.380. The second-order valence-corrected chi connectivity index (χ2v) is 4.07. The van der Waals surface area contributed by atoms with Crippen molar-refractivity contribution in [3.05, 3.63) is 47.0 Å². The van der Waals surface area contributed by atoms with Gasteiger partial charge < -0.3 is 10.4 Å². The van der Waals surface area contributed by atoms with Gasteiger partial charge in [0.05, 0.1) is 18.1 Å². The SMILES string of the molecule is C=CCN(CCO)CC(=O)Nc1ccccc1[N+](=O)[O-]. The lowest BCUT2D eigenvalue weighted by molar-refractivity contribution is -0.383. The number of carbonyl (C=O) groups is 1. The van der Waals surface area contributed by atoms with E-state index in [2.05, 4.69) is 11.9 Å². The first-order chi connectivity index (χ1) is 9.58. The van der Waals surface area contributed by atoms with Gasteiger partial charge in [-0.2, -0.15) is 0 Å². The van der Waals surface area contributed by atoms with Crippen molar-refractivity contribution in [2.75, 3.05) is 31.6 Å². The molecule has 7 heteroatoms. The van der Waals surface area contributed by atoms with Crippen LogP contribution >= 0.6 is 0 Å². The second kappa shape index (κ2) is 8.03. The van der Waals surface area contributed by atoms with E-state index in [0.717, 1.165) is 0 Å². The van der Waals surface area contributed by atoms with Crippen molar-refractivity contribution in [3.8, 4) is 0 Å². The van der Waals surface area contributed by atoms with Gasteiger partial charge in [-0.15, -0.1) is 6.58 Å². The molecule has 0 heterocycles. The van der Waals surface area contributed by atoms with E-state index in [1.807, 2.05) is 0 Å². The highest BCUT2D eigenvalue weighted by Crippen LogP contribution is 2.22. The number of benzene rings is 1. The molecule has 0 spiro atoms. The largest absolute Gasteiger partial charge is 0.395 e. The van der Waals surface area contributed by atoms with Crippen LogP contribution in [0.2, 0.25) is 0 Å². The number of nitrogens with zero attached hydrogens (tertiary/aromatic N) is 2. The highest BCUT2D eigenvalue weighted by molar-refractivity contribution is 5.94. The molecule has 0 aromatic heterocycles. The quantitative estimate of drug-likeness (QED) is 0.420. The molecule has 1 rings (SSSR count). The van der Waals surface area contributed by atoms with Crippen LogP contribution in [0.25, 0.3) is 0 Å². The van der Waals surface area contributed by atoms with Crippen molar-refractivity contribution in [1.29, 1.82) is 0 Å². The molecular formula is C13H17N3O4. The molecular weight excluding hydrogens is 262 g/mol. The molecule has 0 saturated carbocycles. The third kappa shape index (κ3) is 4.79. The van der Waals surface area contributed by atoms with Gasteiger partial charge in [0.25, 0.3) is 5.69 Å². The number of carbonyl (C=O) groups excluding carboxylic acids is 1. The normalized spacial score (nSPS) is 10.3. The monoisotopic (exact) mass is 279 g/mol. The molecule has 0 saturated heterocycles. The molecule has 20 heavy (non-hydrogen) atoms. The van der Waals surface area contributed by atoms with Gasteiger partial charge in [0.2, 0.25) is 5.91 Å². The number of para-hydroxylation sites is 2. The van der Waals surface area contributed by atoms with Gasteiger partial charge >= 0.3 is 0 Å². The maximum absolute atomic E-state index is 11.9. The number of nitro groups is 1. The maximum Gasteiger partial charge on any atom is 0.292 e. The molecule has 2 N–H and O–H groups in total. The van der Waals surface area contributed by atoms with Gasteiger partial charge in [-0.25, -0.2) is 0 Å². The maximum atomic E-state index is 11.9. The number of hydrogen-bond acceptors (Lipinski definition) is 5. The molecule has 0 bridgehead atoms. The van der Waals surface area contributed by atoms with Crippen LogP contribution in [0.5, 0.6) is 0 Å². The molecule has 1 amide bonds. The number of amides is 1. The van der Waals surface area contributed by atoms with Gasteiger partial charge in [0.15, 0.2) is 0 Å². The number of aliphatic hydroxyl groups is 1. The third-order valence-corrected chi connectivity index (χ3v) is 2.55. The number of rotatable bonds is 8. The summed E-state index contributed by atoms with van der Waals surface area (Å²) in [5.41, 5.74) is 0.00308. The standard InChI is InChI=1S/C13H17N3O4/c1-2-7-15(8-9-17)10-13(18)14-11-5-3-4-6-12(11)16(19)20/h2-6,17H,1,7-10H2,(H,14,18). The summed E-state index contributed by atoms with van der Waals surface area (Å²) in [7, 11) is 0. The highest BCUT2D eigenvalue weighted by Gasteiger charge is 2.16. The molecule has 0 fully saturated rings. The van der Waals surface area contributed by atoms with Gasteiger partial charge in [-0.3, -0.25) is 19.8 Å². The minimum atomic E-state index is -0.551. The Kier molecular flexibility index (Phi) is 6.34. The van der Waals surface area contributed by atoms with Crippen LogP contribution in [-0.2, 0) is 4.79 Å². The molecule has 0 aliphatic carbocycles. The van der Waals surface area contributed by atoms with Crippen molar-refractivity contribution < 1.29 is 14.8 Å². The smallest absolute Gasteiger partial charge is 0.292 e. The Morgan fingerprint density at radius 3 is 2.80 bits per heavy atom. The summed E-state index contributed by atoms with van der Waals surface area (Å²) in [6.07, 6.45) is 1.62. The lowest BCUT2D eigenvalue weighted by Crippen LogP contribution is -2.35. The van der Waals surface area contributed by atoms with Gasteiger partial charge in [0.1, 0.15) is 5.69 Å². The summed E-state index contributed by atoms with van der Waals surface area (Å²) >= 11 is 0. The van der Waals surface area contributed by atoms with Crippen molar-refractivity contribution in [3.63, 3.8) is 0 Å². The average molecular weight is 279 g/mol. The Labute approximate surface area is 116 Å². The van der Waals surface area contributed by atoms with Crippen LogP contribution in [0.1, 0.15) is 0 Å². The molecule has 0 radical (unpaired) electrons. The zero-order chi connectivity index (χ0) is 15.0. The zero-order valence-corrected chi connectivity index (χ0v) is 11.0. The Bertz CT molecular complexity index is 490. The molecule has 1 aromatic carbocycles. The second-order valence-electron chi connectivity index (χ2n) is 4.07. The van der Waals surface area contributed by atoms with E-state index in [9.17, 15) is 14.9 Å². The lowest BCUT2D eigenvalue weighted by atomic mass is 10.2. The fourth-order valence-electron chi connectivity index (χ4n) is 1.69. The molecule has 0 atom stereocenters. The minimum absolute atomic E-state index is 0.0264. The highest BCUT2D eigenvalue weighted by atomic mass is 16.6. The Morgan fingerprint density at radius 2 is 2.20 bits per heavy atom. The van der Waals surface area contributed by atoms with E-state index in [4.69, 9.17) is 5.11 Å². The van der Waals surface area contributed by atoms with Crippen LogP contribution in [0.15, 0.2) is 36.9 Å². The first-order valence-electron chi connectivity index (χ1n) is 6.06. The van der Waals surface area contributed by atoms with Crippen molar-refractivity contribution in [1.82, 2.24) is 4.90 Å². The topological polar surface area (TPSA) is 95.7 Å². The average Bonchev–Trinajstić information content (AvgIpc) is 2.39. The summed E-state index contributed by atoms with van der Waals surface area (Å²) < 4.78 is 0. The fraction of sp³-hybridized carbons (Fsp3) is 0.308. The van der Waals surface area contributed by atoms with Gasteiger partial charge in [0, 0.05) is 19.2 Å². The molecule has 0 unspecified atom stereocenters. The fourth-order valence-corrected chi connectivity index (χ4v) is 1.69. The number of nitro benzene ring substituents is 1. The van der Waals surface area contributed by atoms with E-state index in [0.29, 0.717) is 13.1 Å². The van der Waals surface area contributed by atoms with Gasteiger partial charge in [-0.1, -0.05) is 18.2 Å². The van der Waals surface area contributed by atoms with Crippen LogP contribution in [0.4, 0.5) is 11.4 Å². The molecule has 7 nitrogen and oxygen atoms in total. The third-order valence-electron chi connectivity index (χ3n) is 2.55. The number of aliphatic hydroxyl groups excluding tert-OH is 1. The van der Waals surface area contributed by atoms with Gasteiger partial charge in [-0.05, 0) is 6.07 Å².